The van der Waals surface area contributed by atoms with E-state index in [1.165, 1.54) is 0 Å². The first-order chi connectivity index (χ1) is 7.18. The Morgan fingerprint density at radius 2 is 2.13 bits per heavy atom. The number of carbonyl (C=O) groups excluding carboxylic acids is 1. The number of amides is 1. The summed E-state index contributed by atoms with van der Waals surface area (Å²) < 4.78 is 0. The van der Waals surface area contributed by atoms with Crippen LogP contribution in [-0.2, 0) is 4.79 Å². The van der Waals surface area contributed by atoms with E-state index in [0.29, 0.717) is 6.04 Å². The average molecular weight is 204 g/mol. The van der Waals surface area contributed by atoms with E-state index in [4.69, 9.17) is 5.73 Å². The van der Waals surface area contributed by atoms with Crippen LogP contribution in [0.25, 0.3) is 0 Å². The SMILES string of the molecule is Cc1ccccc1C(N)C(=O)NC1CC1. The van der Waals surface area contributed by atoms with Crippen molar-refractivity contribution in [1.82, 2.24) is 5.32 Å². The summed E-state index contributed by atoms with van der Waals surface area (Å²) in [4.78, 5) is 11.7. The summed E-state index contributed by atoms with van der Waals surface area (Å²) in [6.07, 6.45) is 2.18. The largest absolute Gasteiger partial charge is 0.352 e. The molecule has 1 unspecified atom stereocenters. The van der Waals surface area contributed by atoms with Crippen LogP contribution in [0.1, 0.15) is 30.0 Å². The molecule has 80 valence electrons. The molecule has 3 N–H and O–H groups in total. The Hall–Kier alpha value is -1.35. The lowest BCUT2D eigenvalue weighted by atomic mass is 10.0. The van der Waals surface area contributed by atoms with Gasteiger partial charge in [0.2, 0.25) is 5.91 Å². The number of nitrogens with two attached hydrogens (primary N) is 1. The molecular weight excluding hydrogens is 188 g/mol. The fourth-order valence-corrected chi connectivity index (χ4v) is 1.60. The maximum atomic E-state index is 11.7. The van der Waals surface area contributed by atoms with Crippen LogP contribution in [0.3, 0.4) is 0 Å². The highest BCUT2D eigenvalue weighted by Gasteiger charge is 2.26. The highest BCUT2D eigenvalue weighted by Crippen LogP contribution is 2.21. The first-order valence-electron chi connectivity index (χ1n) is 5.30. The monoisotopic (exact) mass is 204 g/mol. The number of hydrogen-bond donors (Lipinski definition) is 2. The summed E-state index contributed by atoms with van der Waals surface area (Å²) in [6.45, 7) is 1.97. The second-order valence-electron chi connectivity index (χ2n) is 4.12. The Morgan fingerprint density at radius 3 is 2.73 bits per heavy atom. The van der Waals surface area contributed by atoms with Crippen molar-refractivity contribution in [2.24, 2.45) is 5.73 Å². The van der Waals surface area contributed by atoms with Crippen LogP contribution in [0, 0.1) is 6.92 Å². The lowest BCUT2D eigenvalue weighted by Gasteiger charge is -2.14. The average Bonchev–Trinajstić information content (AvgIpc) is 3.01. The van der Waals surface area contributed by atoms with Crippen molar-refractivity contribution in [2.45, 2.75) is 31.8 Å². The van der Waals surface area contributed by atoms with Crippen LogP contribution in [-0.4, -0.2) is 11.9 Å². The van der Waals surface area contributed by atoms with Gasteiger partial charge in [0.1, 0.15) is 6.04 Å². The van der Waals surface area contributed by atoms with Crippen molar-refractivity contribution in [3.05, 3.63) is 35.4 Å². The molecule has 2 rings (SSSR count). The molecule has 1 fully saturated rings. The van der Waals surface area contributed by atoms with Gasteiger partial charge in [-0.1, -0.05) is 24.3 Å². The maximum absolute atomic E-state index is 11.7. The van der Waals surface area contributed by atoms with Gasteiger partial charge in [-0.15, -0.1) is 0 Å². The number of rotatable bonds is 3. The van der Waals surface area contributed by atoms with Crippen LogP contribution >= 0.6 is 0 Å². The standard InChI is InChI=1S/C12H16N2O/c1-8-4-2-3-5-10(8)11(13)12(15)14-9-6-7-9/h2-5,9,11H,6-7,13H2,1H3,(H,14,15). The fourth-order valence-electron chi connectivity index (χ4n) is 1.60. The van der Waals surface area contributed by atoms with Crippen molar-refractivity contribution in [1.29, 1.82) is 0 Å². The van der Waals surface area contributed by atoms with Gasteiger partial charge in [-0.05, 0) is 30.9 Å². The molecule has 1 aromatic rings. The van der Waals surface area contributed by atoms with E-state index in [1.807, 2.05) is 31.2 Å². The lowest BCUT2D eigenvalue weighted by molar-refractivity contribution is -0.122. The Labute approximate surface area is 89.7 Å². The zero-order chi connectivity index (χ0) is 10.8. The molecule has 1 aromatic carbocycles. The molecule has 0 radical (unpaired) electrons. The molecule has 3 heteroatoms. The van der Waals surface area contributed by atoms with Crippen molar-refractivity contribution >= 4 is 5.91 Å². The molecular formula is C12H16N2O. The molecule has 0 aromatic heterocycles. The lowest BCUT2D eigenvalue weighted by Crippen LogP contribution is -2.35. The minimum atomic E-state index is -0.535. The number of aryl methyl sites for hydroxylation is 1. The van der Waals surface area contributed by atoms with E-state index in [0.717, 1.165) is 24.0 Å². The number of benzene rings is 1. The van der Waals surface area contributed by atoms with E-state index in [-0.39, 0.29) is 5.91 Å². The van der Waals surface area contributed by atoms with Gasteiger partial charge in [-0.25, -0.2) is 0 Å². The smallest absolute Gasteiger partial charge is 0.241 e. The van der Waals surface area contributed by atoms with Gasteiger partial charge in [0, 0.05) is 6.04 Å². The molecule has 0 saturated heterocycles. The molecule has 0 spiro atoms. The predicted molar refractivity (Wildman–Crippen MR) is 59.3 cm³/mol. The van der Waals surface area contributed by atoms with Gasteiger partial charge in [0.25, 0.3) is 0 Å². The summed E-state index contributed by atoms with van der Waals surface area (Å²) in [6, 6.07) is 7.57. The van der Waals surface area contributed by atoms with E-state index in [2.05, 4.69) is 5.32 Å². The van der Waals surface area contributed by atoms with Crippen LogP contribution in [0.2, 0.25) is 0 Å². The molecule has 0 heterocycles. The summed E-state index contributed by atoms with van der Waals surface area (Å²) in [7, 11) is 0. The van der Waals surface area contributed by atoms with Crippen LogP contribution < -0.4 is 11.1 Å². The van der Waals surface area contributed by atoms with Gasteiger partial charge in [0.05, 0.1) is 0 Å². The summed E-state index contributed by atoms with van der Waals surface area (Å²) in [5, 5.41) is 2.92. The number of carbonyl (C=O) groups is 1. The van der Waals surface area contributed by atoms with Gasteiger partial charge in [-0.2, -0.15) is 0 Å². The van der Waals surface area contributed by atoms with Crippen LogP contribution in [0.15, 0.2) is 24.3 Å². The van der Waals surface area contributed by atoms with Crippen LogP contribution in [0.4, 0.5) is 0 Å². The Bertz CT molecular complexity index is 372. The van der Waals surface area contributed by atoms with Gasteiger partial charge < -0.3 is 11.1 Å². The second-order valence-corrected chi connectivity index (χ2v) is 4.12. The molecule has 0 aliphatic heterocycles. The summed E-state index contributed by atoms with van der Waals surface area (Å²) in [5.41, 5.74) is 7.88. The minimum Gasteiger partial charge on any atom is -0.352 e. The highest BCUT2D eigenvalue weighted by molar-refractivity contribution is 5.83. The number of nitrogens with one attached hydrogen (secondary N) is 1. The van der Waals surface area contributed by atoms with Crippen molar-refractivity contribution in [3.8, 4) is 0 Å². The number of hydrogen-bond acceptors (Lipinski definition) is 2. The molecule has 0 bridgehead atoms. The fraction of sp³-hybridized carbons (Fsp3) is 0.417. The molecule has 1 aliphatic rings. The third-order valence-electron chi connectivity index (χ3n) is 2.73. The van der Waals surface area contributed by atoms with Crippen molar-refractivity contribution < 1.29 is 4.79 Å². The van der Waals surface area contributed by atoms with Gasteiger partial charge >= 0.3 is 0 Å². The third kappa shape index (κ3) is 2.36. The summed E-state index contributed by atoms with van der Waals surface area (Å²) >= 11 is 0. The van der Waals surface area contributed by atoms with E-state index >= 15 is 0 Å². The van der Waals surface area contributed by atoms with E-state index in [9.17, 15) is 4.79 Å². The van der Waals surface area contributed by atoms with Crippen LogP contribution in [0.5, 0.6) is 0 Å². The molecule has 3 nitrogen and oxygen atoms in total. The van der Waals surface area contributed by atoms with Crippen molar-refractivity contribution in [3.63, 3.8) is 0 Å². The Kier molecular flexibility index (Phi) is 2.73. The Balaban J connectivity index is 2.08. The first kappa shape index (κ1) is 10.2. The zero-order valence-electron chi connectivity index (χ0n) is 8.86. The quantitative estimate of drug-likeness (QED) is 0.779. The van der Waals surface area contributed by atoms with E-state index in [1.54, 1.807) is 0 Å². The Morgan fingerprint density at radius 1 is 1.47 bits per heavy atom. The molecule has 1 aliphatic carbocycles. The molecule has 1 amide bonds. The topological polar surface area (TPSA) is 55.1 Å². The minimum absolute atomic E-state index is 0.0631. The second kappa shape index (κ2) is 4.03. The predicted octanol–water partition coefficient (Wildman–Crippen LogP) is 1.27. The molecule has 1 saturated carbocycles. The normalized spacial score (nSPS) is 17.2. The molecule has 15 heavy (non-hydrogen) atoms. The highest BCUT2D eigenvalue weighted by atomic mass is 16.2. The zero-order valence-corrected chi connectivity index (χ0v) is 8.86. The first-order valence-corrected chi connectivity index (χ1v) is 5.30. The van der Waals surface area contributed by atoms with Crippen molar-refractivity contribution in [2.75, 3.05) is 0 Å². The summed E-state index contributed by atoms with van der Waals surface area (Å²) in [5.74, 6) is -0.0631. The van der Waals surface area contributed by atoms with E-state index < -0.39 is 6.04 Å². The maximum Gasteiger partial charge on any atom is 0.241 e. The van der Waals surface area contributed by atoms with Gasteiger partial charge in [-0.3, -0.25) is 4.79 Å². The third-order valence-corrected chi connectivity index (χ3v) is 2.73. The van der Waals surface area contributed by atoms with Gasteiger partial charge in [0.15, 0.2) is 0 Å². The molecule has 1 atom stereocenters.